The summed E-state index contributed by atoms with van der Waals surface area (Å²) in [6.07, 6.45) is 2.02. The summed E-state index contributed by atoms with van der Waals surface area (Å²) in [7, 11) is 0. The lowest BCUT2D eigenvalue weighted by molar-refractivity contribution is -0.0324. The fraction of sp³-hybridized carbons (Fsp3) is 0.692. The molecule has 6 heteroatoms. The molecule has 0 aliphatic heterocycles. The van der Waals surface area contributed by atoms with E-state index in [0.29, 0.717) is 17.0 Å². The molecule has 1 rings (SSSR count). The Labute approximate surface area is 122 Å². The predicted octanol–water partition coefficient (Wildman–Crippen LogP) is 3.47. The third-order valence-electron chi connectivity index (χ3n) is 2.73. The molecule has 0 aliphatic rings. The molecule has 19 heavy (non-hydrogen) atoms. The van der Waals surface area contributed by atoms with Crippen LogP contribution in [0.15, 0.2) is 4.73 Å². The SMILES string of the molecule is CCCCOCOC(=O)c1nc(Br)n(C(C)C)c1C. The molecule has 0 aromatic carbocycles. The minimum absolute atomic E-state index is 0.0234. The van der Waals surface area contributed by atoms with Gasteiger partial charge < -0.3 is 14.0 Å². The largest absolute Gasteiger partial charge is 0.434 e. The van der Waals surface area contributed by atoms with Gasteiger partial charge in [0.05, 0.1) is 12.3 Å². The van der Waals surface area contributed by atoms with Crippen molar-refractivity contribution in [1.29, 1.82) is 0 Å². The smallest absolute Gasteiger partial charge is 0.360 e. The van der Waals surface area contributed by atoms with Crippen LogP contribution in [0.1, 0.15) is 55.8 Å². The first-order valence-corrected chi connectivity index (χ1v) is 7.27. The summed E-state index contributed by atoms with van der Waals surface area (Å²) in [6.45, 7) is 8.57. The Hall–Kier alpha value is -0.880. The summed E-state index contributed by atoms with van der Waals surface area (Å²) in [5, 5.41) is 0. The third kappa shape index (κ3) is 4.31. The van der Waals surface area contributed by atoms with Crippen molar-refractivity contribution >= 4 is 21.9 Å². The number of carbonyl (C=O) groups is 1. The second kappa shape index (κ2) is 7.65. The van der Waals surface area contributed by atoms with Gasteiger partial charge in [-0.3, -0.25) is 0 Å². The van der Waals surface area contributed by atoms with E-state index in [2.05, 4.69) is 27.8 Å². The fourth-order valence-electron chi connectivity index (χ4n) is 1.74. The van der Waals surface area contributed by atoms with Crippen molar-refractivity contribution in [3.05, 3.63) is 16.1 Å². The molecular weight excluding hydrogens is 312 g/mol. The second-order valence-corrected chi connectivity index (χ2v) is 5.30. The Bertz CT molecular complexity index is 430. The zero-order chi connectivity index (χ0) is 14.4. The van der Waals surface area contributed by atoms with Crippen LogP contribution in [0.4, 0.5) is 0 Å². The Morgan fingerprint density at radius 3 is 2.68 bits per heavy atom. The van der Waals surface area contributed by atoms with Gasteiger partial charge >= 0.3 is 5.97 Å². The van der Waals surface area contributed by atoms with Gasteiger partial charge in [0.25, 0.3) is 0 Å². The number of nitrogens with zero attached hydrogens (tertiary/aromatic N) is 2. The maximum Gasteiger partial charge on any atom is 0.360 e. The zero-order valence-electron chi connectivity index (χ0n) is 11.9. The topological polar surface area (TPSA) is 53.4 Å². The van der Waals surface area contributed by atoms with Crippen molar-refractivity contribution in [2.75, 3.05) is 13.4 Å². The number of carbonyl (C=O) groups excluding carboxylic acids is 1. The lowest BCUT2D eigenvalue weighted by Crippen LogP contribution is -2.12. The molecule has 0 N–H and O–H groups in total. The van der Waals surface area contributed by atoms with E-state index >= 15 is 0 Å². The molecule has 0 atom stereocenters. The van der Waals surface area contributed by atoms with Gasteiger partial charge in [-0.2, -0.15) is 0 Å². The maximum absolute atomic E-state index is 11.9. The average molecular weight is 333 g/mol. The molecule has 108 valence electrons. The van der Waals surface area contributed by atoms with Crippen LogP contribution in [-0.2, 0) is 9.47 Å². The van der Waals surface area contributed by atoms with Crippen molar-refractivity contribution in [1.82, 2.24) is 9.55 Å². The minimum Gasteiger partial charge on any atom is -0.434 e. The molecule has 0 fully saturated rings. The second-order valence-electron chi connectivity index (χ2n) is 4.59. The molecule has 1 heterocycles. The van der Waals surface area contributed by atoms with Crippen LogP contribution in [0, 0.1) is 6.92 Å². The van der Waals surface area contributed by atoms with Crippen LogP contribution in [0.2, 0.25) is 0 Å². The number of ether oxygens (including phenoxy) is 2. The minimum atomic E-state index is -0.450. The van der Waals surface area contributed by atoms with Crippen LogP contribution >= 0.6 is 15.9 Å². The number of hydrogen-bond donors (Lipinski definition) is 0. The highest BCUT2D eigenvalue weighted by molar-refractivity contribution is 9.10. The van der Waals surface area contributed by atoms with Crippen LogP contribution in [0.3, 0.4) is 0 Å². The number of aromatic nitrogens is 2. The molecule has 0 spiro atoms. The summed E-state index contributed by atoms with van der Waals surface area (Å²) in [4.78, 5) is 16.1. The first-order valence-electron chi connectivity index (χ1n) is 6.48. The summed E-state index contributed by atoms with van der Waals surface area (Å²) < 4.78 is 12.8. The first kappa shape index (κ1) is 16.2. The molecular formula is C13H21BrN2O3. The van der Waals surface area contributed by atoms with Gasteiger partial charge in [0, 0.05) is 6.04 Å². The average Bonchev–Trinajstić information content (AvgIpc) is 2.64. The normalized spacial score (nSPS) is 11.1. The zero-order valence-corrected chi connectivity index (χ0v) is 13.5. The summed E-state index contributed by atoms with van der Waals surface area (Å²) in [5.41, 5.74) is 1.13. The van der Waals surface area contributed by atoms with Crippen molar-refractivity contribution < 1.29 is 14.3 Å². The van der Waals surface area contributed by atoms with Crippen LogP contribution < -0.4 is 0 Å². The molecule has 0 amide bonds. The van der Waals surface area contributed by atoms with Gasteiger partial charge in [-0.25, -0.2) is 9.78 Å². The molecule has 1 aromatic rings. The van der Waals surface area contributed by atoms with E-state index in [9.17, 15) is 4.79 Å². The lowest BCUT2D eigenvalue weighted by Gasteiger charge is -2.10. The van der Waals surface area contributed by atoms with Crippen LogP contribution in [-0.4, -0.2) is 28.9 Å². The number of unbranched alkanes of at least 4 members (excludes halogenated alkanes) is 1. The Morgan fingerprint density at radius 1 is 1.47 bits per heavy atom. The first-order chi connectivity index (χ1) is 8.99. The highest BCUT2D eigenvalue weighted by atomic mass is 79.9. The predicted molar refractivity (Wildman–Crippen MR) is 76.2 cm³/mol. The van der Waals surface area contributed by atoms with E-state index in [0.717, 1.165) is 18.5 Å². The number of esters is 1. The molecule has 0 aliphatic carbocycles. The van der Waals surface area contributed by atoms with Gasteiger partial charge in [-0.15, -0.1) is 0 Å². The third-order valence-corrected chi connectivity index (χ3v) is 3.29. The maximum atomic E-state index is 11.9. The molecule has 0 saturated carbocycles. The monoisotopic (exact) mass is 332 g/mol. The summed E-state index contributed by atoms with van der Waals surface area (Å²) in [5.74, 6) is -0.450. The molecule has 1 aromatic heterocycles. The number of hydrogen-bond acceptors (Lipinski definition) is 4. The Balaban J connectivity index is 2.60. The Kier molecular flexibility index (Phi) is 6.51. The van der Waals surface area contributed by atoms with Crippen LogP contribution in [0.5, 0.6) is 0 Å². The van der Waals surface area contributed by atoms with E-state index in [1.54, 1.807) is 0 Å². The van der Waals surface area contributed by atoms with E-state index in [1.165, 1.54) is 0 Å². The quantitative estimate of drug-likeness (QED) is 0.436. The van der Waals surface area contributed by atoms with Crippen LogP contribution in [0.25, 0.3) is 0 Å². The van der Waals surface area contributed by atoms with E-state index in [4.69, 9.17) is 9.47 Å². The molecule has 5 nitrogen and oxygen atoms in total. The molecule has 0 radical (unpaired) electrons. The van der Waals surface area contributed by atoms with Gasteiger partial charge in [-0.1, -0.05) is 13.3 Å². The highest BCUT2D eigenvalue weighted by Gasteiger charge is 2.20. The van der Waals surface area contributed by atoms with Crippen molar-refractivity contribution in [2.24, 2.45) is 0 Å². The number of rotatable bonds is 7. The summed E-state index contributed by atoms with van der Waals surface area (Å²) in [6, 6.07) is 0.226. The number of imidazole rings is 1. The van der Waals surface area contributed by atoms with E-state index < -0.39 is 5.97 Å². The number of halogens is 1. The van der Waals surface area contributed by atoms with E-state index in [-0.39, 0.29) is 12.8 Å². The van der Waals surface area contributed by atoms with Gasteiger partial charge in [0.1, 0.15) is 0 Å². The lowest BCUT2D eigenvalue weighted by atomic mass is 10.3. The Morgan fingerprint density at radius 2 is 2.16 bits per heavy atom. The van der Waals surface area contributed by atoms with E-state index in [1.807, 2.05) is 25.3 Å². The molecule has 0 saturated heterocycles. The summed E-state index contributed by atoms with van der Waals surface area (Å²) >= 11 is 3.35. The fourth-order valence-corrected chi connectivity index (χ4v) is 2.59. The van der Waals surface area contributed by atoms with Gasteiger partial charge in [-0.05, 0) is 43.1 Å². The van der Waals surface area contributed by atoms with Crippen molar-refractivity contribution in [3.63, 3.8) is 0 Å². The highest BCUT2D eigenvalue weighted by Crippen LogP contribution is 2.21. The van der Waals surface area contributed by atoms with Gasteiger partial charge in [0.2, 0.25) is 0 Å². The van der Waals surface area contributed by atoms with Crippen molar-refractivity contribution in [2.45, 2.75) is 46.6 Å². The van der Waals surface area contributed by atoms with Gasteiger partial charge in [0.15, 0.2) is 17.2 Å². The standard InChI is InChI=1S/C13H21BrN2O3/c1-5-6-7-18-8-19-12(17)11-10(4)16(9(2)3)13(14)15-11/h9H,5-8H2,1-4H3. The van der Waals surface area contributed by atoms with Crippen molar-refractivity contribution in [3.8, 4) is 0 Å². The molecule has 0 bridgehead atoms. The molecule has 0 unspecified atom stereocenters.